The lowest BCUT2D eigenvalue weighted by molar-refractivity contribution is -0.383. The van der Waals surface area contributed by atoms with E-state index in [2.05, 4.69) is 15.0 Å². The molecule has 0 saturated heterocycles. The molecule has 8 nitrogen and oxygen atoms in total. The van der Waals surface area contributed by atoms with Gasteiger partial charge in [-0.25, -0.2) is 9.78 Å². The fraction of sp³-hybridized carbons (Fsp3) is 0.143. The molecule has 0 fully saturated rings. The first-order chi connectivity index (χ1) is 10.5. The molecule has 114 valence electrons. The van der Waals surface area contributed by atoms with E-state index in [9.17, 15) is 14.9 Å². The lowest BCUT2D eigenvalue weighted by Crippen LogP contribution is -2.22. The van der Waals surface area contributed by atoms with Crippen LogP contribution in [-0.2, 0) is 11.3 Å². The van der Waals surface area contributed by atoms with Crippen LogP contribution in [0.5, 0.6) is 0 Å². The molecule has 1 amide bonds. The molecule has 8 heteroatoms. The lowest BCUT2D eigenvalue weighted by atomic mass is 10.1. The van der Waals surface area contributed by atoms with Crippen molar-refractivity contribution >= 4 is 17.5 Å². The topological polar surface area (TPSA) is 120 Å². The van der Waals surface area contributed by atoms with Crippen LogP contribution in [0.15, 0.2) is 36.5 Å². The maximum atomic E-state index is 11.1. The molecule has 0 unspecified atom stereocenters. The van der Waals surface area contributed by atoms with Gasteiger partial charge in [-0.3, -0.25) is 10.1 Å². The number of alkyl carbamates (subject to hydrolysis) is 1. The van der Waals surface area contributed by atoms with Gasteiger partial charge in [0.25, 0.3) is 0 Å². The molecule has 0 aliphatic heterocycles. The van der Waals surface area contributed by atoms with E-state index in [1.54, 1.807) is 24.3 Å². The summed E-state index contributed by atoms with van der Waals surface area (Å²) in [6.07, 6.45) is 0.891. The molecule has 1 heterocycles. The van der Waals surface area contributed by atoms with Crippen LogP contribution in [0.3, 0.4) is 0 Å². The third-order valence-electron chi connectivity index (χ3n) is 2.99. The van der Waals surface area contributed by atoms with Gasteiger partial charge in [0.1, 0.15) is 11.4 Å². The number of rotatable bonds is 4. The minimum absolute atomic E-state index is 0.0615. The number of hydrogen-bond donors (Lipinski definition) is 2. The van der Waals surface area contributed by atoms with Crippen LogP contribution in [0.4, 0.5) is 16.2 Å². The quantitative estimate of drug-likeness (QED) is 0.659. The van der Waals surface area contributed by atoms with E-state index in [4.69, 9.17) is 5.73 Å². The number of nitrogen functional groups attached to an aromatic ring is 1. The van der Waals surface area contributed by atoms with Gasteiger partial charge >= 0.3 is 11.8 Å². The zero-order chi connectivity index (χ0) is 16.1. The van der Waals surface area contributed by atoms with E-state index in [-0.39, 0.29) is 17.1 Å². The molecule has 22 heavy (non-hydrogen) atoms. The summed E-state index contributed by atoms with van der Waals surface area (Å²) in [6, 6.07) is 8.22. The molecule has 0 radical (unpaired) electrons. The van der Waals surface area contributed by atoms with Crippen LogP contribution >= 0.6 is 0 Å². The molecule has 1 aromatic heterocycles. The van der Waals surface area contributed by atoms with Crippen molar-refractivity contribution in [3.63, 3.8) is 0 Å². The van der Waals surface area contributed by atoms with E-state index < -0.39 is 11.0 Å². The average Bonchev–Trinajstić information content (AvgIpc) is 2.52. The van der Waals surface area contributed by atoms with Crippen LogP contribution in [0.1, 0.15) is 5.56 Å². The third-order valence-corrected chi connectivity index (χ3v) is 2.99. The predicted molar refractivity (Wildman–Crippen MR) is 80.0 cm³/mol. The summed E-state index contributed by atoms with van der Waals surface area (Å²) >= 11 is 0. The van der Waals surface area contributed by atoms with Crippen LogP contribution in [0, 0.1) is 10.1 Å². The second-order valence-electron chi connectivity index (χ2n) is 4.40. The van der Waals surface area contributed by atoms with Gasteiger partial charge in [0, 0.05) is 18.3 Å². The van der Waals surface area contributed by atoms with Crippen LogP contribution in [0.2, 0.25) is 0 Å². The van der Waals surface area contributed by atoms with Gasteiger partial charge in [0.15, 0.2) is 0 Å². The highest BCUT2D eigenvalue weighted by molar-refractivity contribution is 5.77. The van der Waals surface area contributed by atoms with Crippen molar-refractivity contribution in [1.82, 2.24) is 10.3 Å². The first-order valence-corrected chi connectivity index (χ1v) is 6.33. The second kappa shape index (κ2) is 6.53. The number of carbonyl (C=O) groups is 1. The third kappa shape index (κ3) is 3.29. The fourth-order valence-corrected chi connectivity index (χ4v) is 1.90. The zero-order valence-electron chi connectivity index (χ0n) is 11.8. The fourth-order valence-electron chi connectivity index (χ4n) is 1.90. The Bertz CT molecular complexity index is 700. The number of nitrogens with zero attached hydrogens (tertiary/aromatic N) is 2. The van der Waals surface area contributed by atoms with E-state index in [0.717, 1.165) is 5.56 Å². The number of amides is 1. The number of methoxy groups -OCH3 is 1. The van der Waals surface area contributed by atoms with E-state index in [1.807, 2.05) is 0 Å². The maximum absolute atomic E-state index is 11.1. The van der Waals surface area contributed by atoms with Crippen molar-refractivity contribution in [2.75, 3.05) is 12.8 Å². The first-order valence-electron chi connectivity index (χ1n) is 6.33. The number of pyridine rings is 1. The molecule has 0 aliphatic rings. The van der Waals surface area contributed by atoms with Gasteiger partial charge in [0.2, 0.25) is 0 Å². The van der Waals surface area contributed by atoms with Crippen LogP contribution < -0.4 is 11.1 Å². The number of benzene rings is 1. The molecule has 0 saturated carbocycles. The Labute approximate surface area is 126 Å². The Morgan fingerprint density at radius 2 is 2.05 bits per heavy atom. The normalized spacial score (nSPS) is 10.0. The maximum Gasteiger partial charge on any atom is 0.407 e. The van der Waals surface area contributed by atoms with Gasteiger partial charge in [0.05, 0.1) is 12.0 Å². The summed E-state index contributed by atoms with van der Waals surface area (Å²) in [7, 11) is 1.28. The molecule has 0 atom stereocenters. The van der Waals surface area contributed by atoms with E-state index in [0.29, 0.717) is 12.1 Å². The van der Waals surface area contributed by atoms with Crippen molar-refractivity contribution in [2.24, 2.45) is 0 Å². The highest BCUT2D eigenvalue weighted by atomic mass is 16.6. The zero-order valence-corrected chi connectivity index (χ0v) is 11.8. The van der Waals surface area contributed by atoms with Gasteiger partial charge < -0.3 is 15.8 Å². The number of nitrogens with one attached hydrogen (secondary N) is 1. The Morgan fingerprint density at radius 1 is 1.36 bits per heavy atom. The largest absolute Gasteiger partial charge is 0.453 e. The average molecular weight is 302 g/mol. The van der Waals surface area contributed by atoms with Gasteiger partial charge in [-0.2, -0.15) is 0 Å². The lowest BCUT2D eigenvalue weighted by Gasteiger charge is -2.07. The SMILES string of the molecule is COC(=O)NCc1ccc(-c2nccc(N)c2[N+](=O)[O-])cc1. The van der Waals surface area contributed by atoms with Crippen LogP contribution in [0.25, 0.3) is 11.3 Å². The number of nitrogens with two attached hydrogens (primary N) is 1. The minimum atomic E-state index is -0.551. The van der Waals surface area contributed by atoms with Crippen molar-refractivity contribution in [1.29, 1.82) is 0 Å². The number of carbonyl (C=O) groups excluding carboxylic acids is 1. The monoisotopic (exact) mass is 302 g/mol. The molecule has 3 N–H and O–H groups in total. The molecule has 2 rings (SSSR count). The number of ether oxygens (including phenoxy) is 1. The Kier molecular flexibility index (Phi) is 4.52. The predicted octanol–water partition coefficient (Wildman–Crippen LogP) is 2.09. The summed E-state index contributed by atoms with van der Waals surface area (Å²) in [5, 5.41) is 13.7. The molecule has 1 aromatic carbocycles. The smallest absolute Gasteiger partial charge is 0.407 e. The summed E-state index contributed by atoms with van der Waals surface area (Å²) in [4.78, 5) is 25.6. The number of anilines is 1. The Morgan fingerprint density at radius 3 is 2.64 bits per heavy atom. The minimum Gasteiger partial charge on any atom is -0.453 e. The molecular formula is C14H14N4O4. The highest BCUT2D eigenvalue weighted by Crippen LogP contribution is 2.32. The number of hydrogen-bond acceptors (Lipinski definition) is 6. The first kappa shape index (κ1) is 15.2. The van der Waals surface area contributed by atoms with E-state index in [1.165, 1.54) is 19.4 Å². The van der Waals surface area contributed by atoms with Crippen molar-refractivity contribution < 1.29 is 14.5 Å². The van der Waals surface area contributed by atoms with Crippen molar-refractivity contribution in [3.8, 4) is 11.3 Å². The van der Waals surface area contributed by atoms with Crippen LogP contribution in [-0.4, -0.2) is 23.1 Å². The molecule has 0 spiro atoms. The number of aromatic nitrogens is 1. The molecule has 0 bridgehead atoms. The standard InChI is InChI=1S/C14H14N4O4/c1-22-14(19)17-8-9-2-4-10(5-3-9)12-13(18(20)21)11(15)6-7-16-12/h2-7H,8H2,1H3,(H2,15,16)(H,17,19). The highest BCUT2D eigenvalue weighted by Gasteiger charge is 2.20. The van der Waals surface area contributed by atoms with Gasteiger partial charge in [-0.1, -0.05) is 24.3 Å². The summed E-state index contributed by atoms with van der Waals surface area (Å²) in [6.45, 7) is 0.291. The van der Waals surface area contributed by atoms with Gasteiger partial charge in [-0.05, 0) is 11.6 Å². The van der Waals surface area contributed by atoms with E-state index >= 15 is 0 Å². The van der Waals surface area contributed by atoms with Crippen molar-refractivity contribution in [2.45, 2.75) is 6.54 Å². The molecular weight excluding hydrogens is 288 g/mol. The van der Waals surface area contributed by atoms with Crippen molar-refractivity contribution in [3.05, 3.63) is 52.2 Å². The molecule has 0 aliphatic carbocycles. The molecule has 2 aromatic rings. The Balaban J connectivity index is 2.26. The van der Waals surface area contributed by atoms with Gasteiger partial charge in [-0.15, -0.1) is 0 Å². The summed E-state index contributed by atoms with van der Waals surface area (Å²) in [5.41, 5.74) is 7.08. The second-order valence-corrected chi connectivity index (χ2v) is 4.40. The summed E-state index contributed by atoms with van der Waals surface area (Å²) < 4.78 is 4.47. The number of nitro groups is 1. The Hall–Kier alpha value is -3.16. The summed E-state index contributed by atoms with van der Waals surface area (Å²) in [5.74, 6) is 0.